The predicted octanol–water partition coefficient (Wildman–Crippen LogP) is 1.15. The molecule has 3 fully saturated rings. The Balaban J connectivity index is 0.000000457. The Labute approximate surface area is 100 Å². The van der Waals surface area contributed by atoms with Gasteiger partial charge in [0, 0.05) is 37.8 Å². The minimum atomic E-state index is 0.848. The van der Waals surface area contributed by atoms with Crippen molar-refractivity contribution in [2.24, 2.45) is 0 Å². The molecule has 3 atom stereocenters. The summed E-state index contributed by atoms with van der Waals surface area (Å²) in [6, 6.07) is 2.58. The normalized spacial score (nSPS) is 39.6. The highest BCUT2D eigenvalue weighted by Crippen LogP contribution is 2.32. The van der Waals surface area contributed by atoms with E-state index in [0.717, 1.165) is 18.1 Å². The van der Waals surface area contributed by atoms with Crippen LogP contribution in [-0.4, -0.2) is 61.2 Å². The van der Waals surface area contributed by atoms with Crippen molar-refractivity contribution in [2.45, 2.75) is 51.2 Å². The van der Waals surface area contributed by atoms with Gasteiger partial charge in [0.05, 0.1) is 0 Å². The number of nitrogens with zero attached hydrogens (tertiary/aromatic N) is 2. The molecule has 3 rings (SSSR count). The minimum absolute atomic E-state index is 0.848. The highest BCUT2D eigenvalue weighted by atomic mass is 15.3. The average molecular weight is 225 g/mol. The molecule has 0 aromatic carbocycles. The molecule has 0 amide bonds. The van der Waals surface area contributed by atoms with Crippen LogP contribution in [0.2, 0.25) is 0 Å². The van der Waals surface area contributed by atoms with E-state index >= 15 is 0 Å². The van der Waals surface area contributed by atoms with Crippen molar-refractivity contribution in [3.63, 3.8) is 0 Å². The van der Waals surface area contributed by atoms with E-state index in [2.05, 4.69) is 22.2 Å². The van der Waals surface area contributed by atoms with Crippen molar-refractivity contribution < 1.29 is 0 Å². The van der Waals surface area contributed by atoms with Gasteiger partial charge in [-0.15, -0.1) is 0 Å². The molecule has 0 radical (unpaired) electrons. The molecule has 1 N–H and O–H groups in total. The summed E-state index contributed by atoms with van der Waals surface area (Å²) in [6.07, 6.45) is 4.24. The maximum absolute atomic E-state index is 3.49. The molecule has 0 saturated carbocycles. The monoisotopic (exact) mass is 225 g/mol. The molecule has 2 bridgehead atoms. The molecule has 3 heteroatoms. The predicted molar refractivity (Wildman–Crippen MR) is 68.8 cm³/mol. The van der Waals surface area contributed by atoms with Gasteiger partial charge in [-0.25, -0.2) is 0 Å². The fourth-order valence-electron chi connectivity index (χ4n) is 3.64. The standard InChI is InChI=1S/C11H21N3.C2H6/c1-13-7-10-2-3-11(8-13)14(10)9-4-5-12-6-9;1-2/h9-12H,2-8H2,1H3;1-2H3. The zero-order valence-electron chi connectivity index (χ0n) is 11.1. The van der Waals surface area contributed by atoms with Crippen LogP contribution in [0.15, 0.2) is 0 Å². The quantitative estimate of drug-likeness (QED) is 0.722. The number of likely N-dealkylation sites (N-methyl/N-ethyl adjacent to an activating group) is 1. The van der Waals surface area contributed by atoms with Gasteiger partial charge < -0.3 is 10.2 Å². The molecule has 94 valence electrons. The summed E-state index contributed by atoms with van der Waals surface area (Å²) in [5, 5.41) is 3.49. The van der Waals surface area contributed by atoms with Crippen LogP contribution in [0.4, 0.5) is 0 Å². The Kier molecular flexibility index (Phi) is 4.22. The van der Waals surface area contributed by atoms with E-state index < -0.39 is 0 Å². The van der Waals surface area contributed by atoms with Gasteiger partial charge in [0.15, 0.2) is 0 Å². The SMILES string of the molecule is CC.CN1CC2CCC(C1)N2C1CCNC1. The molecule has 0 spiro atoms. The first kappa shape index (κ1) is 12.3. The molecule has 0 aromatic heterocycles. The molecule has 3 saturated heterocycles. The van der Waals surface area contributed by atoms with Gasteiger partial charge in [0.1, 0.15) is 0 Å². The highest BCUT2D eigenvalue weighted by Gasteiger charge is 2.42. The van der Waals surface area contributed by atoms with Crippen molar-refractivity contribution in [2.75, 3.05) is 33.2 Å². The molecule has 0 aromatic rings. The lowest BCUT2D eigenvalue weighted by atomic mass is 10.1. The fraction of sp³-hybridized carbons (Fsp3) is 1.00. The summed E-state index contributed by atoms with van der Waals surface area (Å²) in [4.78, 5) is 5.35. The van der Waals surface area contributed by atoms with Crippen LogP contribution < -0.4 is 5.32 Å². The lowest BCUT2D eigenvalue weighted by Gasteiger charge is -2.42. The second-order valence-electron chi connectivity index (χ2n) is 5.20. The van der Waals surface area contributed by atoms with E-state index in [1.807, 2.05) is 13.8 Å². The first-order chi connectivity index (χ1) is 7.84. The van der Waals surface area contributed by atoms with Crippen LogP contribution in [0.3, 0.4) is 0 Å². The highest BCUT2D eigenvalue weighted by molar-refractivity contribution is 4.99. The molecule has 16 heavy (non-hydrogen) atoms. The minimum Gasteiger partial charge on any atom is -0.315 e. The van der Waals surface area contributed by atoms with Crippen LogP contribution in [0.5, 0.6) is 0 Å². The molecule has 3 aliphatic rings. The third-order valence-electron chi connectivity index (χ3n) is 4.18. The zero-order chi connectivity index (χ0) is 11.5. The summed E-state index contributed by atoms with van der Waals surface area (Å²) in [5.74, 6) is 0. The third kappa shape index (κ3) is 2.27. The first-order valence-corrected chi connectivity index (χ1v) is 7.01. The Hall–Kier alpha value is -0.120. The van der Waals surface area contributed by atoms with Gasteiger partial charge in [0.2, 0.25) is 0 Å². The molecule has 3 unspecified atom stereocenters. The topological polar surface area (TPSA) is 18.5 Å². The van der Waals surface area contributed by atoms with Crippen LogP contribution in [0.1, 0.15) is 33.1 Å². The summed E-state index contributed by atoms with van der Waals surface area (Å²) in [6.45, 7) is 9.06. The number of rotatable bonds is 1. The van der Waals surface area contributed by atoms with Gasteiger partial charge >= 0.3 is 0 Å². The molecule has 0 aliphatic carbocycles. The smallest absolute Gasteiger partial charge is 0.0239 e. The van der Waals surface area contributed by atoms with E-state index in [1.165, 1.54) is 45.4 Å². The van der Waals surface area contributed by atoms with Crippen LogP contribution in [0, 0.1) is 0 Å². The number of likely N-dealkylation sites (tertiary alicyclic amines) is 1. The van der Waals surface area contributed by atoms with Gasteiger partial charge in [-0.3, -0.25) is 4.90 Å². The molecular weight excluding hydrogens is 198 g/mol. The lowest BCUT2D eigenvalue weighted by Crippen LogP contribution is -2.56. The Bertz CT molecular complexity index is 199. The largest absolute Gasteiger partial charge is 0.315 e. The summed E-state index contributed by atoms with van der Waals surface area (Å²) < 4.78 is 0. The first-order valence-electron chi connectivity index (χ1n) is 7.01. The fourth-order valence-corrected chi connectivity index (χ4v) is 3.64. The molecule has 3 nitrogen and oxygen atoms in total. The van der Waals surface area contributed by atoms with Crippen LogP contribution >= 0.6 is 0 Å². The van der Waals surface area contributed by atoms with Crippen molar-refractivity contribution in [1.29, 1.82) is 0 Å². The van der Waals surface area contributed by atoms with Gasteiger partial charge in [-0.05, 0) is 32.9 Å². The second kappa shape index (κ2) is 5.48. The average Bonchev–Trinajstić information content (AvgIpc) is 2.88. The van der Waals surface area contributed by atoms with Gasteiger partial charge in [-0.2, -0.15) is 0 Å². The number of piperazine rings is 1. The zero-order valence-corrected chi connectivity index (χ0v) is 11.1. The van der Waals surface area contributed by atoms with Crippen molar-refractivity contribution >= 4 is 0 Å². The second-order valence-corrected chi connectivity index (χ2v) is 5.20. The number of hydrogen-bond donors (Lipinski definition) is 1. The van der Waals surface area contributed by atoms with Crippen molar-refractivity contribution in [1.82, 2.24) is 15.1 Å². The Morgan fingerprint density at radius 1 is 0.938 bits per heavy atom. The van der Waals surface area contributed by atoms with E-state index in [0.29, 0.717) is 0 Å². The van der Waals surface area contributed by atoms with Crippen LogP contribution in [-0.2, 0) is 0 Å². The molecule has 3 heterocycles. The Morgan fingerprint density at radius 3 is 2.06 bits per heavy atom. The third-order valence-corrected chi connectivity index (χ3v) is 4.18. The van der Waals surface area contributed by atoms with Gasteiger partial charge in [0.25, 0.3) is 0 Å². The van der Waals surface area contributed by atoms with E-state index in [1.54, 1.807) is 0 Å². The van der Waals surface area contributed by atoms with Gasteiger partial charge in [-0.1, -0.05) is 13.8 Å². The summed E-state index contributed by atoms with van der Waals surface area (Å²) >= 11 is 0. The van der Waals surface area contributed by atoms with E-state index in [9.17, 15) is 0 Å². The number of hydrogen-bond acceptors (Lipinski definition) is 3. The maximum atomic E-state index is 3.49. The molecular formula is C13H27N3. The number of nitrogens with one attached hydrogen (secondary N) is 1. The van der Waals surface area contributed by atoms with Crippen LogP contribution in [0.25, 0.3) is 0 Å². The summed E-state index contributed by atoms with van der Waals surface area (Å²) in [5.41, 5.74) is 0. The maximum Gasteiger partial charge on any atom is 0.0239 e. The molecule has 3 aliphatic heterocycles. The van der Waals surface area contributed by atoms with E-state index in [-0.39, 0.29) is 0 Å². The summed E-state index contributed by atoms with van der Waals surface area (Å²) in [7, 11) is 2.27. The van der Waals surface area contributed by atoms with E-state index in [4.69, 9.17) is 0 Å². The Morgan fingerprint density at radius 2 is 1.56 bits per heavy atom. The number of fused-ring (bicyclic) bond motifs is 2. The van der Waals surface area contributed by atoms with Crippen molar-refractivity contribution in [3.8, 4) is 0 Å². The lowest BCUT2D eigenvalue weighted by molar-refractivity contribution is 0.0509. The van der Waals surface area contributed by atoms with Crippen molar-refractivity contribution in [3.05, 3.63) is 0 Å².